The van der Waals surface area contributed by atoms with Gasteiger partial charge in [0.25, 0.3) is 0 Å². The van der Waals surface area contributed by atoms with E-state index in [4.69, 9.17) is 0 Å². The summed E-state index contributed by atoms with van der Waals surface area (Å²) < 4.78 is 5.15. The van der Waals surface area contributed by atoms with Gasteiger partial charge in [0.1, 0.15) is 0 Å². The van der Waals surface area contributed by atoms with Gasteiger partial charge >= 0.3 is 6.85 Å². The molecule has 0 saturated carbocycles. The van der Waals surface area contributed by atoms with Crippen LogP contribution in [-0.4, -0.2) is 15.9 Å². The summed E-state index contributed by atoms with van der Waals surface area (Å²) in [6, 6.07) is 55.9. The molecule has 2 nitrogen and oxygen atoms in total. The fraction of sp³-hybridized carbons (Fsp3) is 0. The van der Waals surface area contributed by atoms with E-state index >= 15 is 0 Å². The summed E-state index contributed by atoms with van der Waals surface area (Å²) in [5, 5.41) is 7.81. The zero-order chi connectivity index (χ0) is 28.1. The van der Waals surface area contributed by atoms with Gasteiger partial charge in [0.2, 0.25) is 0 Å². The Morgan fingerprint density at radius 3 is 2.00 bits per heavy atom. The Labute approximate surface area is 249 Å². The van der Waals surface area contributed by atoms with Crippen molar-refractivity contribution in [3.05, 3.63) is 152 Å². The first kappa shape index (κ1) is 23.1. The summed E-state index contributed by atoms with van der Waals surface area (Å²) >= 11 is 0. The minimum atomic E-state index is -0.00705. The Bertz CT molecular complexity index is 2570. The first-order valence-electron chi connectivity index (χ1n) is 15.0. The second-order valence-electron chi connectivity index (χ2n) is 11.7. The van der Waals surface area contributed by atoms with Crippen LogP contribution in [0.5, 0.6) is 0 Å². The van der Waals surface area contributed by atoms with Gasteiger partial charge in [0, 0.05) is 43.8 Å². The van der Waals surface area contributed by atoms with Crippen LogP contribution in [-0.2, 0) is 0 Å². The minimum Gasteiger partial charge on any atom is -0.375 e. The lowest BCUT2D eigenvalue weighted by Crippen LogP contribution is -2.53. The van der Waals surface area contributed by atoms with Crippen molar-refractivity contribution in [3.8, 4) is 16.8 Å². The highest BCUT2D eigenvalue weighted by atomic mass is 15.0. The lowest BCUT2D eigenvalue weighted by molar-refractivity contribution is 1.18. The van der Waals surface area contributed by atoms with Crippen molar-refractivity contribution in [3.63, 3.8) is 0 Å². The number of nitrogens with zero attached hydrogens (tertiary/aromatic N) is 2. The molecule has 0 bridgehead atoms. The van der Waals surface area contributed by atoms with Crippen molar-refractivity contribution in [2.75, 3.05) is 0 Å². The molecule has 0 radical (unpaired) electrons. The number of fused-ring (bicyclic) bond motifs is 10. The summed E-state index contributed by atoms with van der Waals surface area (Å²) in [5.74, 6) is 0. The predicted molar refractivity (Wildman–Crippen MR) is 184 cm³/mol. The molecule has 198 valence electrons. The smallest absolute Gasteiger partial charge is 0.332 e. The van der Waals surface area contributed by atoms with Crippen LogP contribution >= 0.6 is 0 Å². The van der Waals surface area contributed by atoms with E-state index in [2.05, 4.69) is 161 Å². The molecule has 0 amide bonds. The predicted octanol–water partition coefficient (Wildman–Crippen LogP) is 8.68. The van der Waals surface area contributed by atoms with E-state index in [1.165, 1.54) is 82.1 Å². The van der Waals surface area contributed by atoms with Gasteiger partial charge in [-0.15, -0.1) is 0 Å². The monoisotopic (exact) mass is 544 g/mol. The maximum Gasteiger partial charge on any atom is 0.332 e. The number of hydrogen-bond acceptors (Lipinski definition) is 0. The summed E-state index contributed by atoms with van der Waals surface area (Å²) in [6.07, 6.45) is 0. The van der Waals surface area contributed by atoms with E-state index in [9.17, 15) is 0 Å². The van der Waals surface area contributed by atoms with Gasteiger partial charge in [0.05, 0.1) is 11.0 Å². The molecular formula is C40H25BN2. The van der Waals surface area contributed by atoms with E-state index in [0.717, 1.165) is 0 Å². The maximum absolute atomic E-state index is 2.64. The number of rotatable bonds is 2. The third-order valence-corrected chi connectivity index (χ3v) is 9.53. The average Bonchev–Trinajstić information content (AvgIpc) is 3.60. The molecule has 0 unspecified atom stereocenters. The first-order chi connectivity index (χ1) is 21.4. The van der Waals surface area contributed by atoms with E-state index in [1.807, 2.05) is 0 Å². The Hall–Kier alpha value is -5.54. The van der Waals surface area contributed by atoms with Crippen LogP contribution in [0.2, 0.25) is 0 Å². The molecule has 0 N–H and O–H groups in total. The van der Waals surface area contributed by atoms with Crippen molar-refractivity contribution in [2.45, 2.75) is 0 Å². The SMILES string of the molecule is c1ccc(-c2cccc3c4ccccc4n(B4c5ccccc5-n5c6ccccc6c6c7ccccc7cc4c65)c23)cc1. The molecule has 10 rings (SSSR count). The van der Waals surface area contributed by atoms with E-state index in [1.54, 1.807) is 0 Å². The summed E-state index contributed by atoms with van der Waals surface area (Å²) in [5.41, 5.74) is 11.5. The molecule has 3 heteroatoms. The molecule has 0 fully saturated rings. The van der Waals surface area contributed by atoms with Gasteiger partial charge in [-0.05, 0) is 45.5 Å². The molecule has 2 aromatic heterocycles. The third kappa shape index (κ3) is 2.98. The van der Waals surface area contributed by atoms with E-state index in [-0.39, 0.29) is 6.85 Å². The summed E-state index contributed by atoms with van der Waals surface area (Å²) in [7, 11) is 0. The Kier molecular flexibility index (Phi) is 4.56. The molecular weight excluding hydrogens is 519 g/mol. The third-order valence-electron chi connectivity index (χ3n) is 9.53. The lowest BCUT2D eigenvalue weighted by Gasteiger charge is -2.29. The first-order valence-corrected chi connectivity index (χ1v) is 15.0. The van der Waals surface area contributed by atoms with Crippen LogP contribution in [0.4, 0.5) is 0 Å². The summed E-state index contributed by atoms with van der Waals surface area (Å²) in [6.45, 7) is -0.00705. The van der Waals surface area contributed by atoms with Gasteiger partial charge in [-0.2, -0.15) is 0 Å². The highest BCUT2D eigenvalue weighted by molar-refractivity contribution is 6.88. The summed E-state index contributed by atoms with van der Waals surface area (Å²) in [4.78, 5) is 0. The van der Waals surface area contributed by atoms with E-state index < -0.39 is 0 Å². The van der Waals surface area contributed by atoms with Crippen LogP contribution in [0, 0.1) is 0 Å². The molecule has 0 aliphatic carbocycles. The van der Waals surface area contributed by atoms with Gasteiger partial charge < -0.3 is 9.05 Å². The topological polar surface area (TPSA) is 9.86 Å². The number of aromatic nitrogens is 2. The van der Waals surface area contributed by atoms with Crippen molar-refractivity contribution >= 4 is 72.2 Å². The van der Waals surface area contributed by atoms with Gasteiger partial charge in [-0.1, -0.05) is 133 Å². The van der Waals surface area contributed by atoms with Gasteiger partial charge in [0.15, 0.2) is 0 Å². The molecule has 3 heterocycles. The van der Waals surface area contributed by atoms with Crippen molar-refractivity contribution < 1.29 is 0 Å². The highest BCUT2D eigenvalue weighted by Gasteiger charge is 2.37. The maximum atomic E-state index is 2.64. The molecule has 1 aliphatic heterocycles. The molecule has 0 atom stereocenters. The van der Waals surface area contributed by atoms with Crippen LogP contribution in [0.1, 0.15) is 0 Å². The van der Waals surface area contributed by atoms with E-state index in [0.29, 0.717) is 0 Å². The van der Waals surface area contributed by atoms with Gasteiger partial charge in [-0.3, -0.25) is 0 Å². The normalized spacial score (nSPS) is 12.6. The zero-order valence-electron chi connectivity index (χ0n) is 23.4. The fourth-order valence-electron chi connectivity index (χ4n) is 7.87. The highest BCUT2D eigenvalue weighted by Crippen LogP contribution is 2.40. The Morgan fingerprint density at radius 2 is 1.12 bits per heavy atom. The number of hydrogen-bond donors (Lipinski definition) is 0. The molecule has 0 saturated heterocycles. The second-order valence-corrected chi connectivity index (χ2v) is 11.7. The van der Waals surface area contributed by atoms with Crippen LogP contribution in [0.15, 0.2) is 152 Å². The quantitative estimate of drug-likeness (QED) is 0.193. The Balaban J connectivity index is 1.46. The molecule has 0 spiro atoms. The lowest BCUT2D eigenvalue weighted by atomic mass is 9.48. The molecule has 7 aromatic carbocycles. The second kappa shape index (κ2) is 8.50. The van der Waals surface area contributed by atoms with Crippen molar-refractivity contribution in [1.29, 1.82) is 0 Å². The molecule has 43 heavy (non-hydrogen) atoms. The van der Waals surface area contributed by atoms with Gasteiger partial charge in [-0.25, -0.2) is 0 Å². The average molecular weight is 544 g/mol. The standard InChI is InChI=1S/C40H25BN2/c1-2-13-26(14-3-1)29-19-12-20-31-30-17-6-10-23-36(30)43(39(29)31)41-33-21-8-11-24-37(33)42-35-22-9-7-18-32(35)38-28-16-5-4-15-27(28)25-34(41)40(38)42/h1-25H. The minimum absolute atomic E-state index is 0.00705. The van der Waals surface area contributed by atoms with Crippen molar-refractivity contribution in [1.82, 2.24) is 9.05 Å². The largest absolute Gasteiger partial charge is 0.375 e. The van der Waals surface area contributed by atoms with Crippen LogP contribution in [0.3, 0.4) is 0 Å². The van der Waals surface area contributed by atoms with Crippen LogP contribution in [0.25, 0.3) is 71.2 Å². The zero-order valence-corrected chi connectivity index (χ0v) is 23.4. The number of para-hydroxylation sites is 4. The Morgan fingerprint density at radius 1 is 0.442 bits per heavy atom. The molecule has 9 aromatic rings. The van der Waals surface area contributed by atoms with Crippen molar-refractivity contribution in [2.24, 2.45) is 0 Å². The number of benzene rings is 7. The van der Waals surface area contributed by atoms with Crippen LogP contribution < -0.4 is 10.9 Å². The molecule has 1 aliphatic rings. The fourth-order valence-corrected chi connectivity index (χ4v) is 7.87.